The highest BCUT2D eigenvalue weighted by Crippen LogP contribution is 2.27. The fourth-order valence-corrected chi connectivity index (χ4v) is 3.11. The van der Waals surface area contributed by atoms with E-state index in [1.165, 1.54) is 17.4 Å². The first-order chi connectivity index (χ1) is 12.1. The van der Waals surface area contributed by atoms with Gasteiger partial charge in [-0.05, 0) is 43.7 Å². The summed E-state index contributed by atoms with van der Waals surface area (Å²) in [5.41, 5.74) is 2.14. The van der Waals surface area contributed by atoms with Crippen LogP contribution in [0.5, 0.6) is 5.75 Å². The standard InChI is InChI=1S/C19H17FN2O2S/c1-3-24-14-6-4-5-13(10-14)19-22-17(11-25-19)18(23)21-16-9-12(2)7-8-15(16)20/h4-11H,3H2,1-2H3,(H,21,23). The van der Waals surface area contributed by atoms with Gasteiger partial charge in [-0.1, -0.05) is 18.2 Å². The summed E-state index contributed by atoms with van der Waals surface area (Å²) >= 11 is 1.35. The number of nitrogens with one attached hydrogen (secondary N) is 1. The topological polar surface area (TPSA) is 51.2 Å². The predicted octanol–water partition coefficient (Wildman–Crippen LogP) is 4.91. The molecule has 128 valence electrons. The number of rotatable bonds is 5. The highest BCUT2D eigenvalue weighted by molar-refractivity contribution is 7.13. The average molecular weight is 356 g/mol. The monoisotopic (exact) mass is 356 g/mol. The molecular formula is C19H17FN2O2S. The zero-order chi connectivity index (χ0) is 17.8. The predicted molar refractivity (Wildman–Crippen MR) is 97.8 cm³/mol. The number of carbonyl (C=O) groups excluding carboxylic acids is 1. The molecule has 1 aromatic heterocycles. The molecule has 3 aromatic rings. The lowest BCUT2D eigenvalue weighted by molar-refractivity contribution is 0.102. The van der Waals surface area contributed by atoms with E-state index in [0.717, 1.165) is 16.9 Å². The van der Waals surface area contributed by atoms with E-state index in [0.29, 0.717) is 11.6 Å². The zero-order valence-electron chi connectivity index (χ0n) is 13.9. The second kappa shape index (κ2) is 7.44. The van der Waals surface area contributed by atoms with E-state index >= 15 is 0 Å². The summed E-state index contributed by atoms with van der Waals surface area (Å²) < 4.78 is 19.3. The van der Waals surface area contributed by atoms with Crippen LogP contribution >= 0.6 is 11.3 Å². The van der Waals surface area contributed by atoms with Crippen molar-refractivity contribution in [3.63, 3.8) is 0 Å². The minimum absolute atomic E-state index is 0.151. The normalized spacial score (nSPS) is 10.5. The Morgan fingerprint density at radius 1 is 1.28 bits per heavy atom. The number of hydrogen-bond donors (Lipinski definition) is 1. The Balaban J connectivity index is 1.80. The van der Waals surface area contributed by atoms with Crippen molar-refractivity contribution in [3.8, 4) is 16.3 Å². The molecule has 6 heteroatoms. The van der Waals surface area contributed by atoms with Crippen molar-refractivity contribution in [1.29, 1.82) is 0 Å². The van der Waals surface area contributed by atoms with Crippen molar-refractivity contribution >= 4 is 22.9 Å². The van der Waals surface area contributed by atoms with Gasteiger partial charge >= 0.3 is 0 Å². The summed E-state index contributed by atoms with van der Waals surface area (Å²) in [6, 6.07) is 12.1. The molecule has 3 rings (SSSR count). The van der Waals surface area contributed by atoms with E-state index in [-0.39, 0.29) is 11.4 Å². The Morgan fingerprint density at radius 3 is 2.92 bits per heavy atom. The molecule has 0 aliphatic heterocycles. The summed E-state index contributed by atoms with van der Waals surface area (Å²) in [6.07, 6.45) is 0. The third-order valence-electron chi connectivity index (χ3n) is 3.50. The summed E-state index contributed by atoms with van der Waals surface area (Å²) in [7, 11) is 0. The van der Waals surface area contributed by atoms with Gasteiger partial charge < -0.3 is 10.1 Å². The number of thiazole rings is 1. The first-order valence-electron chi connectivity index (χ1n) is 7.83. The zero-order valence-corrected chi connectivity index (χ0v) is 14.7. The highest BCUT2D eigenvalue weighted by atomic mass is 32.1. The van der Waals surface area contributed by atoms with Crippen molar-refractivity contribution in [2.45, 2.75) is 13.8 Å². The minimum atomic E-state index is -0.473. The number of hydrogen-bond acceptors (Lipinski definition) is 4. The molecule has 4 nitrogen and oxygen atoms in total. The Labute approximate surface area is 149 Å². The number of carbonyl (C=O) groups is 1. The van der Waals surface area contributed by atoms with Crippen LogP contribution in [0.2, 0.25) is 0 Å². The largest absolute Gasteiger partial charge is 0.494 e. The van der Waals surface area contributed by atoms with Crippen molar-refractivity contribution in [2.24, 2.45) is 0 Å². The third kappa shape index (κ3) is 4.03. The van der Waals surface area contributed by atoms with Gasteiger partial charge in [-0.2, -0.15) is 0 Å². The molecule has 0 aliphatic rings. The molecule has 25 heavy (non-hydrogen) atoms. The number of anilines is 1. The van der Waals surface area contributed by atoms with Crippen LogP contribution in [0, 0.1) is 12.7 Å². The van der Waals surface area contributed by atoms with Crippen LogP contribution in [0.1, 0.15) is 23.0 Å². The Bertz CT molecular complexity index is 908. The van der Waals surface area contributed by atoms with Crippen LogP contribution in [0.25, 0.3) is 10.6 Å². The number of ether oxygens (including phenoxy) is 1. The highest BCUT2D eigenvalue weighted by Gasteiger charge is 2.14. The number of halogens is 1. The quantitative estimate of drug-likeness (QED) is 0.707. The fraction of sp³-hybridized carbons (Fsp3) is 0.158. The van der Waals surface area contributed by atoms with E-state index < -0.39 is 11.7 Å². The fourth-order valence-electron chi connectivity index (χ4n) is 2.32. The maximum atomic E-state index is 13.8. The first-order valence-corrected chi connectivity index (χ1v) is 8.71. The molecule has 0 spiro atoms. The molecule has 0 fully saturated rings. The third-order valence-corrected chi connectivity index (χ3v) is 4.39. The number of aryl methyl sites for hydroxylation is 1. The van der Waals surface area contributed by atoms with Crippen LogP contribution in [-0.4, -0.2) is 17.5 Å². The van der Waals surface area contributed by atoms with Crippen LogP contribution in [0.4, 0.5) is 10.1 Å². The van der Waals surface area contributed by atoms with Crippen LogP contribution in [0.3, 0.4) is 0 Å². The number of aromatic nitrogens is 1. The molecule has 1 amide bonds. The lowest BCUT2D eigenvalue weighted by atomic mass is 10.2. The summed E-state index contributed by atoms with van der Waals surface area (Å²) in [4.78, 5) is 16.7. The molecule has 1 heterocycles. The van der Waals surface area contributed by atoms with Gasteiger partial charge in [-0.15, -0.1) is 11.3 Å². The van der Waals surface area contributed by atoms with Crippen LogP contribution in [-0.2, 0) is 0 Å². The van der Waals surface area contributed by atoms with Crippen LogP contribution < -0.4 is 10.1 Å². The summed E-state index contributed by atoms with van der Waals surface area (Å²) in [5.74, 6) is -0.158. The van der Waals surface area contributed by atoms with E-state index in [2.05, 4.69) is 10.3 Å². The molecular weight excluding hydrogens is 339 g/mol. The van der Waals surface area contributed by atoms with Crippen molar-refractivity contribution in [2.75, 3.05) is 11.9 Å². The second-order valence-corrected chi connectivity index (χ2v) is 6.29. The lowest BCUT2D eigenvalue weighted by Gasteiger charge is -2.06. The Kier molecular flexibility index (Phi) is 5.09. The molecule has 0 saturated carbocycles. The maximum Gasteiger partial charge on any atom is 0.275 e. The van der Waals surface area contributed by atoms with E-state index in [4.69, 9.17) is 4.74 Å². The SMILES string of the molecule is CCOc1cccc(-c2nc(C(=O)Nc3cc(C)ccc3F)cs2)c1. The summed E-state index contributed by atoms with van der Waals surface area (Å²) in [5, 5.41) is 4.93. The average Bonchev–Trinajstić information content (AvgIpc) is 3.09. The van der Waals surface area contributed by atoms with Crippen molar-refractivity contribution in [3.05, 3.63) is 64.9 Å². The van der Waals surface area contributed by atoms with Gasteiger partial charge in [-0.25, -0.2) is 9.37 Å². The van der Waals surface area contributed by atoms with E-state index in [1.54, 1.807) is 17.5 Å². The maximum absolute atomic E-state index is 13.8. The molecule has 0 radical (unpaired) electrons. The van der Waals surface area contributed by atoms with Crippen molar-refractivity contribution in [1.82, 2.24) is 4.98 Å². The minimum Gasteiger partial charge on any atom is -0.494 e. The number of nitrogens with zero attached hydrogens (tertiary/aromatic N) is 1. The van der Waals surface area contributed by atoms with Crippen molar-refractivity contribution < 1.29 is 13.9 Å². The van der Waals surface area contributed by atoms with E-state index in [9.17, 15) is 9.18 Å². The van der Waals surface area contributed by atoms with E-state index in [1.807, 2.05) is 38.1 Å². The smallest absolute Gasteiger partial charge is 0.275 e. The van der Waals surface area contributed by atoms with Gasteiger partial charge in [0.1, 0.15) is 22.3 Å². The molecule has 0 bridgehead atoms. The molecule has 0 aliphatic carbocycles. The Morgan fingerprint density at radius 2 is 2.12 bits per heavy atom. The second-order valence-electron chi connectivity index (χ2n) is 5.44. The number of amides is 1. The number of benzene rings is 2. The molecule has 2 aromatic carbocycles. The Hall–Kier alpha value is -2.73. The van der Waals surface area contributed by atoms with Crippen LogP contribution in [0.15, 0.2) is 47.8 Å². The lowest BCUT2D eigenvalue weighted by Crippen LogP contribution is -2.13. The van der Waals surface area contributed by atoms with Gasteiger partial charge in [0.2, 0.25) is 0 Å². The molecule has 1 N–H and O–H groups in total. The summed E-state index contributed by atoms with van der Waals surface area (Å²) in [6.45, 7) is 4.33. The molecule has 0 saturated heterocycles. The molecule has 0 atom stereocenters. The molecule has 0 unspecified atom stereocenters. The van der Waals surface area contributed by atoms with Gasteiger partial charge in [0, 0.05) is 10.9 Å². The first kappa shape index (κ1) is 17.1. The van der Waals surface area contributed by atoms with Gasteiger partial charge in [0.15, 0.2) is 0 Å². The van der Waals surface area contributed by atoms with Gasteiger partial charge in [-0.3, -0.25) is 4.79 Å². The van der Waals surface area contributed by atoms with Gasteiger partial charge in [0.25, 0.3) is 5.91 Å². The van der Waals surface area contributed by atoms with Gasteiger partial charge in [0.05, 0.1) is 12.3 Å².